The lowest BCUT2D eigenvalue weighted by atomic mass is 10.1. The molecule has 0 atom stereocenters. The maximum atomic E-state index is 13.1. The molecule has 116 heavy (non-hydrogen) atoms. The summed E-state index contributed by atoms with van der Waals surface area (Å²) in [6.45, 7) is 19.1. The first-order valence-corrected chi connectivity index (χ1v) is 39.7. The van der Waals surface area contributed by atoms with Gasteiger partial charge in [0.1, 0.15) is 4.98 Å². The topological polar surface area (TPSA) is 220 Å². The lowest BCUT2D eigenvalue weighted by molar-refractivity contribution is -0.387. The second-order valence-electron chi connectivity index (χ2n) is 28.6. The van der Waals surface area contributed by atoms with Gasteiger partial charge in [0.25, 0.3) is 5.91 Å². The Bertz CT molecular complexity index is 4940. The summed E-state index contributed by atoms with van der Waals surface area (Å²) in [6.07, 6.45) is 7.60. The van der Waals surface area contributed by atoms with E-state index in [1.807, 2.05) is 75.9 Å². The second kappa shape index (κ2) is 45.5. The van der Waals surface area contributed by atoms with Crippen molar-refractivity contribution in [2.24, 2.45) is 0 Å². The summed E-state index contributed by atoms with van der Waals surface area (Å²) in [6, 6.07) is 61.4. The number of carboxylic acid groups (broad SMARTS) is 1. The zero-order valence-electron chi connectivity index (χ0n) is 65.0. The van der Waals surface area contributed by atoms with E-state index in [-0.39, 0.29) is 24.5 Å². The molecule has 1 amide bonds. The number of aryl methyl sites for hydroxylation is 1. The van der Waals surface area contributed by atoms with Gasteiger partial charge in [-0.05, 0) is 248 Å². The van der Waals surface area contributed by atoms with Gasteiger partial charge in [0.05, 0.1) is 43.7 Å². The molecule has 0 unspecified atom stereocenters. The molecule has 4 saturated heterocycles. The molecule has 26 heteroatoms. The Morgan fingerprint density at radius 3 is 1.34 bits per heavy atom. The number of nitrogens with two attached hydrogens (primary N) is 1. The van der Waals surface area contributed by atoms with Crippen molar-refractivity contribution in [1.82, 2.24) is 38.7 Å². The van der Waals surface area contributed by atoms with E-state index in [4.69, 9.17) is 16.1 Å². The highest BCUT2D eigenvalue weighted by molar-refractivity contribution is 9.12. The fourth-order valence-electron chi connectivity index (χ4n) is 14.0. The van der Waals surface area contributed by atoms with Crippen molar-refractivity contribution >= 4 is 78.8 Å². The number of anilines is 4. The number of hydrogen-bond donors (Lipinski definition) is 4. The molecule has 2 aromatic heterocycles. The summed E-state index contributed by atoms with van der Waals surface area (Å²) >= 11 is 2.45. The van der Waals surface area contributed by atoms with Crippen LogP contribution in [0.15, 0.2) is 212 Å². The number of piperidine rings is 4. The number of likely N-dealkylation sites (tertiary alicyclic amines) is 4. The highest BCUT2D eigenvalue weighted by atomic mass is 79.9. The highest BCUT2D eigenvalue weighted by Crippen LogP contribution is 2.34. The number of imidazole rings is 2. The SMILES string of the molecule is C.CCC.Cc1cc(CN2CCCCC2)ccc1Nc1ccccc1.N#CBr.Nc1nc2cc(CN3CCCCC3)ccc2n1-c1ccccc1.O=C(Nc1nc2cc(CN3CCCCC3)ccc2n1-c1ccccc1)c1cccc(C(F)(F)F)c1.O=C(O)c1cccc(C(F)(F)F)c1.O=[N+]([O-])c1cc(CN2CCCCC2)ccc1F. The number of nitro groups is 1. The number of nitriles is 1. The quantitative estimate of drug-likeness (QED) is 0.0402. The van der Waals surface area contributed by atoms with Crippen LogP contribution in [0.25, 0.3) is 33.4 Å². The lowest BCUT2D eigenvalue weighted by Crippen LogP contribution is -2.29. The summed E-state index contributed by atoms with van der Waals surface area (Å²) in [5.41, 5.74) is 17.2. The second-order valence-corrected chi connectivity index (χ2v) is 29.0. The number of nitrogen functional groups attached to an aromatic ring is 1. The van der Waals surface area contributed by atoms with Crippen LogP contribution in [0.3, 0.4) is 0 Å². The Labute approximate surface area is 683 Å². The van der Waals surface area contributed by atoms with Crippen LogP contribution in [-0.4, -0.2) is 113 Å². The fraction of sp³-hybridized carbons (Fsp3) is 0.344. The molecule has 11 aromatic rings. The van der Waals surface area contributed by atoms with Gasteiger partial charge in [0.2, 0.25) is 17.7 Å². The van der Waals surface area contributed by atoms with Crippen LogP contribution in [-0.2, 0) is 38.5 Å². The summed E-state index contributed by atoms with van der Waals surface area (Å²) in [5, 5.41) is 32.5. The third-order valence-electron chi connectivity index (χ3n) is 19.6. The van der Waals surface area contributed by atoms with Crippen LogP contribution >= 0.6 is 15.9 Å². The van der Waals surface area contributed by atoms with E-state index in [0.717, 1.165) is 121 Å². The molecule has 9 aromatic carbocycles. The van der Waals surface area contributed by atoms with Crippen molar-refractivity contribution in [2.75, 3.05) is 68.7 Å². The van der Waals surface area contributed by atoms with Crippen molar-refractivity contribution in [1.29, 1.82) is 5.26 Å². The molecule has 0 aliphatic carbocycles. The molecule has 0 spiro atoms. The van der Waals surface area contributed by atoms with Crippen LogP contribution in [0.2, 0.25) is 0 Å². The van der Waals surface area contributed by atoms with E-state index in [2.05, 4.69) is 156 Å². The average Bonchev–Trinajstić information content (AvgIpc) is 1.63. The summed E-state index contributed by atoms with van der Waals surface area (Å²) in [4.78, 5) is 53.8. The number of aromatic carboxylic acids is 1. The number of nitro benzene ring substituents is 1. The molecule has 0 radical (unpaired) electrons. The number of aromatic nitrogens is 4. The number of amides is 1. The van der Waals surface area contributed by atoms with Crippen LogP contribution in [0.5, 0.6) is 0 Å². The lowest BCUT2D eigenvalue weighted by Gasteiger charge is -2.26. The number of fused-ring (bicyclic) bond motifs is 2. The first kappa shape index (κ1) is 90.7. The van der Waals surface area contributed by atoms with Crippen molar-refractivity contribution in [3.05, 3.63) is 278 Å². The van der Waals surface area contributed by atoms with Gasteiger partial charge in [-0.2, -0.15) is 36.0 Å². The van der Waals surface area contributed by atoms with Gasteiger partial charge in [-0.25, -0.2) is 14.8 Å². The van der Waals surface area contributed by atoms with E-state index in [0.29, 0.717) is 24.1 Å². The van der Waals surface area contributed by atoms with Gasteiger partial charge in [-0.3, -0.25) is 49.0 Å². The summed E-state index contributed by atoms with van der Waals surface area (Å²) in [5.74, 6) is -1.99. The Morgan fingerprint density at radius 1 is 0.526 bits per heavy atom. The number of carboxylic acids is 1. The van der Waals surface area contributed by atoms with Crippen molar-refractivity contribution < 1.29 is 50.4 Å². The Morgan fingerprint density at radius 2 is 0.905 bits per heavy atom. The van der Waals surface area contributed by atoms with E-state index < -0.39 is 51.8 Å². The number of benzene rings is 9. The predicted octanol–water partition coefficient (Wildman–Crippen LogP) is 22.6. The third kappa shape index (κ3) is 27.7. The predicted molar refractivity (Wildman–Crippen MR) is 452 cm³/mol. The molecule has 4 aliphatic rings. The average molecular weight is 1660 g/mol. The van der Waals surface area contributed by atoms with Crippen molar-refractivity contribution in [3.63, 3.8) is 0 Å². The highest BCUT2D eigenvalue weighted by Gasteiger charge is 2.32. The van der Waals surface area contributed by atoms with Gasteiger partial charge >= 0.3 is 24.0 Å². The molecule has 4 aliphatic heterocycles. The minimum Gasteiger partial charge on any atom is -0.478 e. The summed E-state index contributed by atoms with van der Waals surface area (Å²) < 4.78 is 92.5. The van der Waals surface area contributed by atoms with E-state index in [1.54, 1.807) is 11.0 Å². The normalized spacial score (nSPS) is 14.5. The van der Waals surface area contributed by atoms with E-state index in [9.17, 15) is 50.4 Å². The van der Waals surface area contributed by atoms with Crippen LogP contribution in [0.4, 0.5) is 59.7 Å². The largest absolute Gasteiger partial charge is 0.478 e. The Hall–Kier alpha value is -10.8. The maximum absolute atomic E-state index is 13.1. The molecule has 0 bridgehead atoms. The number of halogens is 8. The number of hydrogen-bond acceptors (Lipinski definition) is 13. The van der Waals surface area contributed by atoms with Crippen LogP contribution < -0.4 is 16.4 Å². The number of alkyl halides is 6. The zero-order chi connectivity index (χ0) is 82.3. The van der Waals surface area contributed by atoms with Crippen LogP contribution in [0, 0.1) is 33.1 Å². The van der Waals surface area contributed by atoms with Crippen molar-refractivity contribution in [3.8, 4) is 16.4 Å². The number of carbonyl (C=O) groups is 2. The molecule has 4 fully saturated rings. The molecule has 15 rings (SSSR count). The maximum Gasteiger partial charge on any atom is 0.416 e. The molecule has 614 valence electrons. The van der Waals surface area contributed by atoms with Gasteiger partial charge in [0, 0.05) is 76.5 Å². The fourth-order valence-corrected chi connectivity index (χ4v) is 14.0. The van der Waals surface area contributed by atoms with Gasteiger partial charge in [-0.1, -0.05) is 150 Å². The molecule has 18 nitrogen and oxygen atoms in total. The molecule has 5 N–H and O–H groups in total. The van der Waals surface area contributed by atoms with Gasteiger partial charge in [0.15, 0.2) is 0 Å². The first-order valence-electron chi connectivity index (χ1n) is 38.9. The first-order chi connectivity index (χ1) is 55.4. The number of nitrogens with one attached hydrogen (secondary N) is 2. The third-order valence-corrected chi connectivity index (χ3v) is 19.6. The summed E-state index contributed by atoms with van der Waals surface area (Å²) in [7, 11) is 0. The van der Waals surface area contributed by atoms with E-state index >= 15 is 0 Å². The van der Waals surface area contributed by atoms with Crippen LogP contribution in [0.1, 0.15) is 164 Å². The van der Waals surface area contributed by atoms with Gasteiger partial charge < -0.3 is 16.2 Å². The van der Waals surface area contributed by atoms with Gasteiger partial charge in [-0.15, -0.1) is 0 Å². The molecular weight excluding hydrogens is 1560 g/mol. The zero-order valence-corrected chi connectivity index (χ0v) is 66.6. The molecule has 0 saturated carbocycles. The minimum atomic E-state index is -4.53. The van der Waals surface area contributed by atoms with Crippen molar-refractivity contribution in [2.45, 2.75) is 150 Å². The standard InChI is InChI=1S/C27H25F3N4O.C19H22N4.C19H24N2.C12H15FN2O2.C8H5F3O2.C3H8.CBrN.CH4/c28-27(29,30)21-9-7-8-20(17-21)25(35)32-26-31-23-16-19(18-33-14-5-2-6-15-33)12-13-24(23)34(26)22-10-3-1-4-11-22;20-19-21-17-13-15(14-22-11-5-2-6-12-22)9-10-18(17)23(19)16-7-3-1-4-8-16;1-16-14-17(15-21-12-6-3-7-13-21)10-11-19(16)20-18-8-4-2-5-9-18;13-11-5-4-10(8-12(11)15(16)17)9-14-6-2-1-3-7-14;9-8(10,11)6-3-1-2-5(4-6)7(12)13;1-3-2;2-1-3;/h1,3-4,7-13,16-17H,2,5-6,14-15,18H2,(H,31,32,35);1,3-4,7-10,13H,2,5-6,11-12,14H2,(H2,20,21);2,4-5,8-11,14,20H,3,6-7,12-13,15H2,1H3;4-5,8H,1-3,6-7,9H2;1-4H,(H,12,13);3H2,1-2H3;;1H4. The molecule has 6 heterocycles. The van der Waals surface area contributed by atoms with E-state index in [1.165, 1.54) is 156 Å². The smallest absolute Gasteiger partial charge is 0.416 e. The Kier molecular flexibility index (Phi) is 35.6. The minimum absolute atomic E-state index is 0. The number of nitrogens with zero attached hydrogens (tertiary/aromatic N) is 10. The number of carbonyl (C=O) groups excluding carboxylic acids is 1. The number of rotatable bonds is 16. The number of para-hydroxylation sites is 3. The Balaban J connectivity index is 0.000000184. The molecular formula is C90H103BrF7N13O5. The monoisotopic (exact) mass is 1660 g/mol.